The van der Waals surface area contributed by atoms with Gasteiger partial charge in [0.05, 0.1) is 11.3 Å². The van der Waals surface area contributed by atoms with Crippen LogP contribution in [0.5, 0.6) is 0 Å². The van der Waals surface area contributed by atoms with Crippen molar-refractivity contribution >= 4 is 27.8 Å². The lowest BCUT2D eigenvalue weighted by Gasteiger charge is -2.38. The first kappa shape index (κ1) is 33.7. The van der Waals surface area contributed by atoms with Gasteiger partial charge in [-0.15, -0.1) is 0 Å². The average molecular weight is 584 g/mol. The number of halogens is 1. The number of carbonyl (C=O) groups excluding carboxylic acids is 3. The number of esters is 1. The molecule has 0 aromatic heterocycles. The molecule has 0 unspecified atom stereocenters. The van der Waals surface area contributed by atoms with E-state index in [-0.39, 0.29) is 29.2 Å². The molecule has 226 valence electrons. The smallest absolute Gasteiger partial charge is 0.307 e. The van der Waals surface area contributed by atoms with Gasteiger partial charge in [-0.1, -0.05) is 40.5 Å². The van der Waals surface area contributed by atoms with E-state index in [9.17, 15) is 27.2 Å². The number of amides is 2. The molecule has 1 fully saturated rings. The summed E-state index contributed by atoms with van der Waals surface area (Å²) in [5.41, 5.74) is -1.26. The van der Waals surface area contributed by atoms with Crippen molar-refractivity contribution in [1.29, 1.82) is 0 Å². The van der Waals surface area contributed by atoms with Gasteiger partial charge < -0.3 is 15.0 Å². The number of ether oxygens (including phenoxy) is 1. The van der Waals surface area contributed by atoms with Gasteiger partial charge in [0.1, 0.15) is 17.5 Å². The van der Waals surface area contributed by atoms with E-state index in [0.717, 1.165) is 25.0 Å². The molecule has 0 bridgehead atoms. The monoisotopic (exact) mass is 583 g/mol. The first-order valence-corrected chi connectivity index (χ1v) is 15.5. The fourth-order valence-corrected chi connectivity index (χ4v) is 5.88. The summed E-state index contributed by atoms with van der Waals surface area (Å²) in [4.78, 5) is 41.1. The van der Waals surface area contributed by atoms with Crippen LogP contribution in [0.1, 0.15) is 87.0 Å². The first-order chi connectivity index (χ1) is 18.4. The molecule has 1 aromatic carbocycles. The van der Waals surface area contributed by atoms with Crippen molar-refractivity contribution in [3.63, 3.8) is 0 Å². The van der Waals surface area contributed by atoms with Crippen molar-refractivity contribution in [3.8, 4) is 0 Å². The standard InChI is InChI=1S/C29H46FN3O6S/c1-8-9-10-20(19-24(34)39-29(5,6)7)26(35)31-25(28(2,3)4)27(36)33-17-15-22(16-18-33)32-40(37,38)23-13-11-21(30)12-14-23/h11-14,20,22,25,32H,8-10,15-19H2,1-7H3,(H,31,35)/t20-,25-/m1/s1. The number of likely N-dealkylation sites (tertiary alicyclic amines) is 1. The highest BCUT2D eigenvalue weighted by atomic mass is 32.2. The molecule has 1 saturated heterocycles. The molecule has 1 aliphatic rings. The maximum absolute atomic E-state index is 13.6. The van der Waals surface area contributed by atoms with Crippen LogP contribution in [0, 0.1) is 17.2 Å². The number of nitrogens with zero attached hydrogens (tertiary/aromatic N) is 1. The summed E-state index contributed by atoms with van der Waals surface area (Å²) in [7, 11) is -3.82. The minimum atomic E-state index is -3.82. The van der Waals surface area contributed by atoms with Gasteiger partial charge in [0.15, 0.2) is 0 Å². The van der Waals surface area contributed by atoms with Gasteiger partial charge in [-0.2, -0.15) is 0 Å². The van der Waals surface area contributed by atoms with E-state index < -0.39 is 44.8 Å². The Kier molecular flexibility index (Phi) is 11.7. The third-order valence-electron chi connectivity index (χ3n) is 6.76. The number of hydrogen-bond donors (Lipinski definition) is 2. The first-order valence-electron chi connectivity index (χ1n) is 14.0. The molecule has 2 atom stereocenters. The molecule has 40 heavy (non-hydrogen) atoms. The lowest BCUT2D eigenvalue weighted by Crippen LogP contribution is -2.58. The fraction of sp³-hybridized carbons (Fsp3) is 0.690. The van der Waals surface area contributed by atoms with Crippen molar-refractivity contribution in [2.24, 2.45) is 11.3 Å². The Labute approximate surface area is 238 Å². The van der Waals surface area contributed by atoms with Gasteiger partial charge in [0.2, 0.25) is 21.8 Å². The molecule has 0 radical (unpaired) electrons. The van der Waals surface area contributed by atoms with Crippen LogP contribution < -0.4 is 10.0 Å². The molecule has 0 saturated carbocycles. The van der Waals surface area contributed by atoms with Crippen molar-refractivity contribution in [2.45, 2.75) is 110 Å². The van der Waals surface area contributed by atoms with Crippen LogP contribution in [0.4, 0.5) is 4.39 Å². The molecular weight excluding hydrogens is 537 g/mol. The van der Waals surface area contributed by atoms with E-state index in [1.807, 2.05) is 27.7 Å². The van der Waals surface area contributed by atoms with Gasteiger partial charge in [0.25, 0.3) is 0 Å². The van der Waals surface area contributed by atoms with Gasteiger partial charge >= 0.3 is 5.97 Å². The number of carbonyl (C=O) groups is 3. The number of nitrogens with one attached hydrogen (secondary N) is 2. The second kappa shape index (κ2) is 13.9. The second-order valence-corrected chi connectivity index (χ2v) is 14.3. The van der Waals surface area contributed by atoms with E-state index >= 15 is 0 Å². The summed E-state index contributed by atoms with van der Waals surface area (Å²) in [6.07, 6.45) is 2.86. The molecule has 9 nitrogen and oxygen atoms in total. The number of piperidine rings is 1. The molecule has 2 rings (SSSR count). The van der Waals surface area contributed by atoms with Gasteiger partial charge in [-0.25, -0.2) is 17.5 Å². The van der Waals surface area contributed by atoms with E-state index in [0.29, 0.717) is 32.4 Å². The molecule has 0 spiro atoms. The topological polar surface area (TPSA) is 122 Å². The highest BCUT2D eigenvalue weighted by molar-refractivity contribution is 7.89. The summed E-state index contributed by atoms with van der Waals surface area (Å²) in [5.74, 6) is -2.18. The van der Waals surface area contributed by atoms with Crippen LogP contribution in [-0.4, -0.2) is 61.9 Å². The van der Waals surface area contributed by atoms with E-state index in [1.165, 1.54) is 12.1 Å². The number of sulfonamides is 1. The molecule has 2 N–H and O–H groups in total. The Hall–Kier alpha value is -2.53. The zero-order valence-electron chi connectivity index (χ0n) is 24.9. The summed E-state index contributed by atoms with van der Waals surface area (Å²) < 4.78 is 46.6. The quantitative estimate of drug-likeness (QED) is 0.377. The Bertz CT molecular complexity index is 1120. The Morgan fingerprint density at radius 2 is 1.62 bits per heavy atom. The van der Waals surface area contributed by atoms with Gasteiger partial charge in [-0.3, -0.25) is 14.4 Å². The Morgan fingerprint density at radius 3 is 2.12 bits per heavy atom. The van der Waals surface area contributed by atoms with E-state index in [4.69, 9.17) is 4.74 Å². The van der Waals surface area contributed by atoms with Crippen LogP contribution in [-0.2, 0) is 29.1 Å². The summed E-state index contributed by atoms with van der Waals surface area (Å²) in [6, 6.07) is 3.41. The van der Waals surface area contributed by atoms with Gasteiger partial charge in [0, 0.05) is 25.0 Å². The molecule has 1 heterocycles. The highest BCUT2D eigenvalue weighted by Crippen LogP contribution is 2.25. The predicted octanol–water partition coefficient (Wildman–Crippen LogP) is 4.16. The molecular formula is C29H46FN3O6S. The second-order valence-electron chi connectivity index (χ2n) is 12.6. The Morgan fingerprint density at radius 1 is 1.05 bits per heavy atom. The lowest BCUT2D eigenvalue weighted by atomic mass is 9.84. The van der Waals surface area contributed by atoms with Crippen LogP contribution in [0.25, 0.3) is 0 Å². The number of rotatable bonds is 11. The molecule has 0 aliphatic carbocycles. The fourth-order valence-electron chi connectivity index (χ4n) is 4.57. The number of benzene rings is 1. The third-order valence-corrected chi connectivity index (χ3v) is 8.30. The predicted molar refractivity (Wildman–Crippen MR) is 151 cm³/mol. The van der Waals surface area contributed by atoms with E-state index in [2.05, 4.69) is 10.0 Å². The zero-order chi connectivity index (χ0) is 30.3. The highest BCUT2D eigenvalue weighted by Gasteiger charge is 2.39. The molecule has 1 aliphatic heterocycles. The summed E-state index contributed by atoms with van der Waals surface area (Å²) >= 11 is 0. The summed E-state index contributed by atoms with van der Waals surface area (Å²) in [6.45, 7) is 13.6. The van der Waals surface area contributed by atoms with Crippen LogP contribution in [0.3, 0.4) is 0 Å². The number of hydrogen-bond acceptors (Lipinski definition) is 6. The minimum absolute atomic E-state index is 0.0214. The van der Waals surface area contributed by atoms with Crippen molar-refractivity contribution in [1.82, 2.24) is 14.9 Å². The van der Waals surface area contributed by atoms with Gasteiger partial charge in [-0.05, 0) is 69.7 Å². The van der Waals surface area contributed by atoms with E-state index in [1.54, 1.807) is 25.7 Å². The Balaban J connectivity index is 2.06. The number of unbranched alkanes of at least 4 members (excludes halogenated alkanes) is 1. The van der Waals surface area contributed by atoms with Crippen LogP contribution >= 0.6 is 0 Å². The van der Waals surface area contributed by atoms with Crippen LogP contribution in [0.15, 0.2) is 29.2 Å². The van der Waals surface area contributed by atoms with Crippen molar-refractivity contribution in [3.05, 3.63) is 30.1 Å². The average Bonchev–Trinajstić information content (AvgIpc) is 2.83. The largest absolute Gasteiger partial charge is 0.460 e. The molecule has 1 aromatic rings. The zero-order valence-corrected chi connectivity index (χ0v) is 25.7. The molecule has 2 amide bonds. The minimum Gasteiger partial charge on any atom is -0.460 e. The maximum atomic E-state index is 13.6. The maximum Gasteiger partial charge on any atom is 0.307 e. The SMILES string of the molecule is CCCC[C@H](CC(=O)OC(C)(C)C)C(=O)N[C@H](C(=O)N1CCC(NS(=O)(=O)c2ccc(F)cc2)CC1)C(C)(C)C. The van der Waals surface area contributed by atoms with Crippen LogP contribution in [0.2, 0.25) is 0 Å². The normalized spacial score (nSPS) is 16.8. The van der Waals surface area contributed by atoms with Crippen molar-refractivity contribution < 1.29 is 31.9 Å². The lowest BCUT2D eigenvalue weighted by molar-refractivity contribution is -0.157. The van der Waals surface area contributed by atoms with Crippen molar-refractivity contribution in [2.75, 3.05) is 13.1 Å². The third kappa shape index (κ3) is 10.5. The summed E-state index contributed by atoms with van der Waals surface area (Å²) in [5, 5.41) is 2.93. The molecule has 11 heteroatoms.